The van der Waals surface area contributed by atoms with E-state index in [1.165, 1.54) is 22.5 Å². The molecule has 2 saturated heterocycles. The van der Waals surface area contributed by atoms with Crippen LogP contribution in [-0.4, -0.2) is 73.6 Å². The predicted octanol–water partition coefficient (Wildman–Crippen LogP) is 1.31. The molecule has 9 heteroatoms. The van der Waals surface area contributed by atoms with Crippen molar-refractivity contribution in [3.63, 3.8) is 0 Å². The molecule has 1 unspecified atom stereocenters. The van der Waals surface area contributed by atoms with Crippen molar-refractivity contribution in [2.24, 2.45) is 11.8 Å². The number of benzene rings is 1. The van der Waals surface area contributed by atoms with Gasteiger partial charge in [-0.1, -0.05) is 6.07 Å². The molecule has 3 fully saturated rings. The molecule has 1 aliphatic carbocycles. The zero-order valence-electron chi connectivity index (χ0n) is 16.3. The lowest BCUT2D eigenvalue weighted by atomic mass is 9.96. The first-order valence-electron chi connectivity index (χ1n) is 10.2. The van der Waals surface area contributed by atoms with Crippen LogP contribution in [0, 0.1) is 17.7 Å². The summed E-state index contributed by atoms with van der Waals surface area (Å²) in [6, 6.07) is 4.97. The van der Waals surface area contributed by atoms with Crippen molar-refractivity contribution in [1.82, 2.24) is 14.1 Å². The zero-order valence-corrected chi connectivity index (χ0v) is 17.1. The lowest BCUT2D eigenvalue weighted by Crippen LogP contribution is -2.54. The van der Waals surface area contributed by atoms with Gasteiger partial charge >= 0.3 is 0 Å². The highest BCUT2D eigenvalue weighted by Gasteiger charge is 2.38. The van der Waals surface area contributed by atoms with Crippen LogP contribution < -0.4 is 0 Å². The van der Waals surface area contributed by atoms with E-state index in [-0.39, 0.29) is 41.6 Å². The van der Waals surface area contributed by atoms with Gasteiger partial charge in [0, 0.05) is 45.2 Å². The van der Waals surface area contributed by atoms with Crippen LogP contribution in [0.25, 0.3) is 0 Å². The maximum absolute atomic E-state index is 13.4. The third-order valence-electron chi connectivity index (χ3n) is 5.99. The highest BCUT2D eigenvalue weighted by atomic mass is 32.2. The Hall–Kier alpha value is -2.00. The molecular weight excluding hydrogens is 397 g/mol. The summed E-state index contributed by atoms with van der Waals surface area (Å²) >= 11 is 0. The first kappa shape index (κ1) is 20.3. The van der Waals surface area contributed by atoms with Crippen molar-refractivity contribution in [3.8, 4) is 0 Å². The minimum atomic E-state index is -3.78. The molecule has 29 heavy (non-hydrogen) atoms. The van der Waals surface area contributed by atoms with Crippen LogP contribution in [-0.2, 0) is 19.6 Å². The average Bonchev–Trinajstić information content (AvgIpc) is 3.58. The van der Waals surface area contributed by atoms with E-state index in [1.807, 2.05) is 4.90 Å². The van der Waals surface area contributed by atoms with E-state index in [0.717, 1.165) is 38.3 Å². The number of piperidine rings is 1. The molecule has 7 nitrogen and oxygen atoms in total. The number of carbonyl (C=O) groups excluding carboxylic acids is 2. The minimum absolute atomic E-state index is 0.00102. The van der Waals surface area contributed by atoms with Gasteiger partial charge in [-0.05, 0) is 43.9 Å². The van der Waals surface area contributed by atoms with Gasteiger partial charge < -0.3 is 9.80 Å². The number of hydrogen-bond acceptors (Lipinski definition) is 4. The first-order chi connectivity index (χ1) is 13.9. The molecule has 158 valence electrons. The Morgan fingerprint density at radius 2 is 1.59 bits per heavy atom. The van der Waals surface area contributed by atoms with Gasteiger partial charge in [0.2, 0.25) is 21.8 Å². The Labute approximate surface area is 170 Å². The first-order valence-corrected chi connectivity index (χ1v) is 11.6. The van der Waals surface area contributed by atoms with Gasteiger partial charge in [-0.15, -0.1) is 0 Å². The summed E-state index contributed by atoms with van der Waals surface area (Å²) in [5, 5.41) is 0. The fraction of sp³-hybridized carbons (Fsp3) is 0.600. The van der Waals surface area contributed by atoms with Crippen LogP contribution in [0.4, 0.5) is 4.39 Å². The van der Waals surface area contributed by atoms with Crippen molar-refractivity contribution in [2.75, 3.05) is 39.3 Å². The SMILES string of the molecule is O=C(C1CCCN(C(=O)C2CC2)C1)N1CCN(S(=O)(=O)c2cccc(F)c2)CC1. The van der Waals surface area contributed by atoms with Crippen molar-refractivity contribution in [3.05, 3.63) is 30.1 Å². The summed E-state index contributed by atoms with van der Waals surface area (Å²) < 4.78 is 40.2. The van der Waals surface area contributed by atoms with Crippen molar-refractivity contribution < 1.29 is 22.4 Å². The van der Waals surface area contributed by atoms with E-state index in [9.17, 15) is 22.4 Å². The Morgan fingerprint density at radius 3 is 2.24 bits per heavy atom. The molecule has 0 N–H and O–H groups in total. The van der Waals surface area contributed by atoms with Crippen LogP contribution in [0.1, 0.15) is 25.7 Å². The number of rotatable bonds is 4. The molecule has 2 amide bonds. The number of halogens is 1. The molecule has 2 heterocycles. The molecule has 1 saturated carbocycles. The summed E-state index contributed by atoms with van der Waals surface area (Å²) in [4.78, 5) is 28.7. The number of sulfonamides is 1. The molecule has 0 aromatic heterocycles. The molecule has 1 atom stereocenters. The van der Waals surface area contributed by atoms with Crippen LogP contribution >= 0.6 is 0 Å². The van der Waals surface area contributed by atoms with E-state index in [1.54, 1.807) is 4.90 Å². The number of nitrogens with zero attached hydrogens (tertiary/aromatic N) is 3. The van der Waals surface area contributed by atoms with Gasteiger partial charge in [-0.3, -0.25) is 9.59 Å². The second-order valence-corrected chi connectivity index (χ2v) is 10.0. The van der Waals surface area contributed by atoms with Gasteiger partial charge in [0.25, 0.3) is 0 Å². The quantitative estimate of drug-likeness (QED) is 0.732. The Kier molecular flexibility index (Phi) is 5.61. The van der Waals surface area contributed by atoms with E-state index in [2.05, 4.69) is 0 Å². The highest BCUT2D eigenvalue weighted by molar-refractivity contribution is 7.89. The summed E-state index contributed by atoms with van der Waals surface area (Å²) in [6.45, 7) is 2.17. The van der Waals surface area contributed by atoms with E-state index in [0.29, 0.717) is 19.6 Å². The van der Waals surface area contributed by atoms with Gasteiger partial charge in [-0.25, -0.2) is 12.8 Å². The number of carbonyl (C=O) groups is 2. The van der Waals surface area contributed by atoms with Gasteiger partial charge in [0.05, 0.1) is 10.8 Å². The fourth-order valence-electron chi connectivity index (χ4n) is 4.15. The monoisotopic (exact) mass is 423 g/mol. The molecule has 2 aliphatic heterocycles. The molecular formula is C20H26FN3O4S. The largest absolute Gasteiger partial charge is 0.342 e. The maximum atomic E-state index is 13.4. The van der Waals surface area contributed by atoms with Crippen LogP contribution in [0.15, 0.2) is 29.2 Å². The van der Waals surface area contributed by atoms with Crippen molar-refractivity contribution in [2.45, 2.75) is 30.6 Å². The van der Waals surface area contributed by atoms with Crippen LogP contribution in [0.5, 0.6) is 0 Å². The summed E-state index contributed by atoms with van der Waals surface area (Å²) in [5.74, 6) is -0.477. The van der Waals surface area contributed by atoms with E-state index < -0.39 is 15.8 Å². The minimum Gasteiger partial charge on any atom is -0.342 e. The summed E-state index contributed by atoms with van der Waals surface area (Å²) in [7, 11) is -3.78. The number of likely N-dealkylation sites (tertiary alicyclic amines) is 1. The Morgan fingerprint density at radius 1 is 0.897 bits per heavy atom. The van der Waals surface area contributed by atoms with Gasteiger partial charge in [-0.2, -0.15) is 4.31 Å². The smallest absolute Gasteiger partial charge is 0.243 e. The molecule has 3 aliphatic rings. The lowest BCUT2D eigenvalue weighted by Gasteiger charge is -2.38. The molecule has 4 rings (SSSR count). The van der Waals surface area contributed by atoms with Crippen molar-refractivity contribution >= 4 is 21.8 Å². The highest BCUT2D eigenvalue weighted by Crippen LogP contribution is 2.33. The molecule has 1 aromatic carbocycles. The zero-order chi connectivity index (χ0) is 20.6. The molecule has 0 radical (unpaired) electrons. The molecule has 0 spiro atoms. The topological polar surface area (TPSA) is 78.0 Å². The van der Waals surface area contributed by atoms with Gasteiger partial charge in [0.1, 0.15) is 5.82 Å². The summed E-state index contributed by atoms with van der Waals surface area (Å²) in [6.07, 6.45) is 3.49. The second-order valence-electron chi connectivity index (χ2n) is 8.08. The maximum Gasteiger partial charge on any atom is 0.243 e. The second kappa shape index (κ2) is 8.02. The van der Waals surface area contributed by atoms with Crippen LogP contribution in [0.3, 0.4) is 0 Å². The van der Waals surface area contributed by atoms with Crippen LogP contribution in [0.2, 0.25) is 0 Å². The van der Waals surface area contributed by atoms with E-state index >= 15 is 0 Å². The Balaban J connectivity index is 1.35. The fourth-order valence-corrected chi connectivity index (χ4v) is 5.61. The lowest BCUT2D eigenvalue weighted by molar-refractivity contribution is -0.142. The molecule has 1 aromatic rings. The number of piperazine rings is 1. The average molecular weight is 424 g/mol. The third-order valence-corrected chi connectivity index (χ3v) is 7.89. The number of amides is 2. The molecule has 0 bridgehead atoms. The van der Waals surface area contributed by atoms with E-state index in [4.69, 9.17) is 0 Å². The third kappa shape index (κ3) is 4.30. The predicted molar refractivity (Wildman–Crippen MR) is 104 cm³/mol. The standard InChI is InChI=1S/C20H26FN3O4S/c21-17-4-1-5-18(13-17)29(27,28)24-11-9-22(10-12-24)20(26)16-3-2-8-23(14-16)19(25)15-6-7-15/h1,4-5,13,15-16H,2-3,6-12,14H2. The van der Waals surface area contributed by atoms with Crippen molar-refractivity contribution in [1.29, 1.82) is 0 Å². The summed E-state index contributed by atoms with van der Waals surface area (Å²) in [5.41, 5.74) is 0. The number of hydrogen-bond donors (Lipinski definition) is 0. The van der Waals surface area contributed by atoms with Gasteiger partial charge in [0.15, 0.2) is 0 Å². The Bertz CT molecular complexity index is 895. The normalized spacial score (nSPS) is 23.8.